The van der Waals surface area contributed by atoms with Gasteiger partial charge >= 0.3 is 0 Å². The van der Waals surface area contributed by atoms with Gasteiger partial charge in [-0.25, -0.2) is 14.4 Å². The van der Waals surface area contributed by atoms with Gasteiger partial charge in [-0.05, 0) is 51.0 Å². The van der Waals surface area contributed by atoms with Crippen molar-refractivity contribution in [1.82, 2.24) is 14.9 Å². The predicted molar refractivity (Wildman–Crippen MR) is 115 cm³/mol. The standard InChI is InChI=1S/C8H8FN.C8H11N3.C3H7NO.C2H6/c9-7-1-2-8-6(5-7)3-4-10-8;1-6(2)11-8-4-9-5-10-7(8)3;1-4(2)3-5;1-2/h1-2,5,10H,3-4H2;4-5H,1-3H3;3H,1-2H3;1-2H3. The van der Waals surface area contributed by atoms with Gasteiger partial charge in [-0.2, -0.15) is 0 Å². The molecule has 0 unspecified atom stereocenters. The first kappa shape index (κ1) is 25.2. The fraction of sp³-hybridized carbons (Fsp3) is 0.429. The second-order valence-electron chi connectivity index (χ2n) is 6.10. The van der Waals surface area contributed by atoms with Crippen LogP contribution in [-0.2, 0) is 11.2 Å². The molecule has 0 bridgehead atoms. The van der Waals surface area contributed by atoms with Crippen LogP contribution in [0, 0.1) is 12.7 Å². The fourth-order valence-corrected chi connectivity index (χ4v) is 2.01. The summed E-state index contributed by atoms with van der Waals surface area (Å²) in [5.41, 5.74) is 4.97. The Morgan fingerprint density at radius 1 is 1.29 bits per heavy atom. The van der Waals surface area contributed by atoms with Crippen molar-refractivity contribution in [2.24, 2.45) is 4.99 Å². The van der Waals surface area contributed by atoms with Gasteiger partial charge < -0.3 is 10.2 Å². The Labute approximate surface area is 167 Å². The van der Waals surface area contributed by atoms with Crippen molar-refractivity contribution in [2.45, 2.75) is 41.0 Å². The topological polar surface area (TPSA) is 70.5 Å². The molecule has 1 amide bonds. The first-order chi connectivity index (χ1) is 13.3. The number of aliphatic imine (C=N–C) groups is 1. The molecule has 0 saturated heterocycles. The highest BCUT2D eigenvalue weighted by Crippen LogP contribution is 2.21. The van der Waals surface area contributed by atoms with Crippen LogP contribution in [0.4, 0.5) is 15.8 Å². The summed E-state index contributed by atoms with van der Waals surface area (Å²) in [7, 11) is 3.38. The number of nitrogens with one attached hydrogen (secondary N) is 1. The molecule has 154 valence electrons. The number of rotatable bonds is 2. The van der Waals surface area contributed by atoms with Crippen LogP contribution in [0.2, 0.25) is 0 Å². The maximum absolute atomic E-state index is 12.5. The highest BCUT2D eigenvalue weighted by atomic mass is 19.1. The molecule has 0 saturated carbocycles. The van der Waals surface area contributed by atoms with E-state index in [-0.39, 0.29) is 5.82 Å². The summed E-state index contributed by atoms with van der Waals surface area (Å²) < 4.78 is 12.5. The van der Waals surface area contributed by atoms with E-state index in [0.29, 0.717) is 0 Å². The minimum Gasteiger partial charge on any atom is -0.384 e. The lowest BCUT2D eigenvalue weighted by Gasteiger charge is -1.96. The van der Waals surface area contributed by atoms with Crippen LogP contribution in [0.1, 0.15) is 39.0 Å². The van der Waals surface area contributed by atoms with Crippen LogP contribution >= 0.6 is 0 Å². The number of aromatic nitrogens is 2. The van der Waals surface area contributed by atoms with Crippen LogP contribution in [-0.4, -0.2) is 47.6 Å². The van der Waals surface area contributed by atoms with Gasteiger partial charge in [0.1, 0.15) is 17.8 Å². The third-order valence-corrected chi connectivity index (χ3v) is 3.22. The molecule has 0 atom stereocenters. The molecule has 0 aliphatic carbocycles. The van der Waals surface area contributed by atoms with Gasteiger partial charge in [-0.1, -0.05) is 13.8 Å². The number of anilines is 1. The maximum atomic E-state index is 12.5. The number of benzene rings is 1. The minimum absolute atomic E-state index is 0.137. The number of hydrogen-bond donors (Lipinski definition) is 1. The molecule has 1 aromatic carbocycles. The number of amides is 1. The zero-order chi connectivity index (χ0) is 21.5. The van der Waals surface area contributed by atoms with Gasteiger partial charge in [0, 0.05) is 32.0 Å². The monoisotopic (exact) mass is 389 g/mol. The summed E-state index contributed by atoms with van der Waals surface area (Å²) >= 11 is 0. The summed E-state index contributed by atoms with van der Waals surface area (Å²) in [5, 5.41) is 3.16. The molecular weight excluding hydrogens is 357 g/mol. The zero-order valence-corrected chi connectivity index (χ0v) is 18.0. The largest absolute Gasteiger partial charge is 0.384 e. The molecule has 2 aromatic rings. The smallest absolute Gasteiger partial charge is 0.209 e. The van der Waals surface area contributed by atoms with Crippen LogP contribution in [0.15, 0.2) is 35.7 Å². The van der Waals surface area contributed by atoms with Crippen molar-refractivity contribution in [3.63, 3.8) is 0 Å². The van der Waals surface area contributed by atoms with Crippen molar-refractivity contribution < 1.29 is 9.18 Å². The molecule has 28 heavy (non-hydrogen) atoms. The second-order valence-corrected chi connectivity index (χ2v) is 6.10. The SMILES string of the molecule is CC.CC(C)=Nc1cncnc1C.CN(C)C=O.Fc1ccc2c(c1)CCN2. The fourth-order valence-electron chi connectivity index (χ4n) is 2.01. The highest BCUT2D eigenvalue weighted by molar-refractivity contribution is 5.82. The van der Waals surface area contributed by atoms with Crippen LogP contribution in [0.5, 0.6) is 0 Å². The second kappa shape index (κ2) is 14.3. The van der Waals surface area contributed by atoms with E-state index in [4.69, 9.17) is 0 Å². The first-order valence-corrected chi connectivity index (χ1v) is 9.26. The van der Waals surface area contributed by atoms with E-state index >= 15 is 0 Å². The van der Waals surface area contributed by atoms with Crippen LogP contribution in [0.3, 0.4) is 0 Å². The lowest BCUT2D eigenvalue weighted by Crippen LogP contribution is -2.06. The average molecular weight is 390 g/mol. The molecule has 1 aliphatic rings. The summed E-state index contributed by atoms with van der Waals surface area (Å²) in [4.78, 5) is 23.0. The van der Waals surface area contributed by atoms with E-state index in [0.717, 1.165) is 47.7 Å². The Bertz CT molecular complexity index is 743. The van der Waals surface area contributed by atoms with Gasteiger partial charge in [0.2, 0.25) is 6.41 Å². The lowest BCUT2D eigenvalue weighted by atomic mass is 10.2. The Kier molecular flexibility index (Phi) is 12.8. The molecule has 0 spiro atoms. The molecule has 2 heterocycles. The van der Waals surface area contributed by atoms with E-state index in [2.05, 4.69) is 20.3 Å². The summed E-state index contributed by atoms with van der Waals surface area (Å²) in [6.45, 7) is 10.8. The molecule has 0 fully saturated rings. The third kappa shape index (κ3) is 10.4. The normalized spacial score (nSPS) is 10.3. The maximum Gasteiger partial charge on any atom is 0.209 e. The van der Waals surface area contributed by atoms with E-state index in [1.165, 1.54) is 17.3 Å². The molecule has 7 heteroatoms. The quantitative estimate of drug-likeness (QED) is 0.610. The number of carbonyl (C=O) groups excluding carboxylic acids is 1. The number of carbonyl (C=O) groups is 1. The van der Waals surface area contributed by atoms with Gasteiger partial charge in [-0.15, -0.1) is 0 Å². The van der Waals surface area contributed by atoms with E-state index < -0.39 is 0 Å². The van der Waals surface area contributed by atoms with Crippen LogP contribution in [0.25, 0.3) is 0 Å². The minimum atomic E-state index is -0.137. The molecule has 1 N–H and O–H groups in total. The molecule has 6 nitrogen and oxygen atoms in total. The van der Waals surface area contributed by atoms with Crippen molar-refractivity contribution in [2.75, 3.05) is 26.0 Å². The number of hydrogen-bond acceptors (Lipinski definition) is 5. The lowest BCUT2D eigenvalue weighted by molar-refractivity contribution is -0.115. The van der Waals surface area contributed by atoms with Crippen molar-refractivity contribution in [3.05, 3.63) is 47.8 Å². The zero-order valence-electron chi connectivity index (χ0n) is 18.0. The predicted octanol–water partition coefficient (Wildman–Crippen LogP) is 4.42. The van der Waals surface area contributed by atoms with E-state index in [9.17, 15) is 9.18 Å². The van der Waals surface area contributed by atoms with Gasteiger partial charge in [0.05, 0.1) is 11.9 Å². The molecule has 1 aromatic heterocycles. The van der Waals surface area contributed by atoms with Crippen LogP contribution < -0.4 is 5.32 Å². The summed E-state index contributed by atoms with van der Waals surface area (Å²) in [5.74, 6) is -0.137. The summed E-state index contributed by atoms with van der Waals surface area (Å²) in [6.07, 6.45) is 4.95. The number of aryl methyl sites for hydroxylation is 1. The third-order valence-electron chi connectivity index (χ3n) is 3.22. The van der Waals surface area contributed by atoms with Crippen molar-refractivity contribution in [1.29, 1.82) is 0 Å². The average Bonchev–Trinajstić information content (AvgIpc) is 3.13. The Balaban J connectivity index is 0.000000397. The molecule has 0 radical (unpaired) electrons. The van der Waals surface area contributed by atoms with E-state index in [1.807, 2.05) is 34.6 Å². The van der Waals surface area contributed by atoms with Gasteiger partial charge in [0.25, 0.3) is 0 Å². The number of halogens is 1. The summed E-state index contributed by atoms with van der Waals surface area (Å²) in [6, 6.07) is 4.87. The van der Waals surface area contributed by atoms with Crippen molar-refractivity contribution >= 4 is 23.5 Å². The molecule has 3 rings (SSSR count). The molecular formula is C21H32FN5O. The number of fused-ring (bicyclic) bond motifs is 1. The Morgan fingerprint density at radius 3 is 2.46 bits per heavy atom. The van der Waals surface area contributed by atoms with Gasteiger partial charge in [-0.3, -0.25) is 9.79 Å². The number of nitrogens with zero attached hydrogens (tertiary/aromatic N) is 4. The Morgan fingerprint density at radius 2 is 1.93 bits per heavy atom. The highest BCUT2D eigenvalue weighted by Gasteiger charge is 2.08. The molecule has 1 aliphatic heterocycles. The van der Waals surface area contributed by atoms with E-state index in [1.54, 1.807) is 32.4 Å². The Hall–Kier alpha value is -2.83. The van der Waals surface area contributed by atoms with Gasteiger partial charge in [0.15, 0.2) is 0 Å². The van der Waals surface area contributed by atoms with Crippen molar-refractivity contribution in [3.8, 4) is 0 Å². The first-order valence-electron chi connectivity index (χ1n) is 9.26.